The zero-order chi connectivity index (χ0) is 15.6. The second kappa shape index (κ2) is 5.95. The van der Waals surface area contributed by atoms with Crippen molar-refractivity contribution in [3.63, 3.8) is 0 Å². The highest BCUT2D eigenvalue weighted by molar-refractivity contribution is 5.63. The lowest BCUT2D eigenvalue weighted by Gasteiger charge is -2.31. The van der Waals surface area contributed by atoms with Crippen LogP contribution in [-0.2, 0) is 0 Å². The van der Waals surface area contributed by atoms with Crippen LogP contribution in [0.15, 0.2) is 30.6 Å². The van der Waals surface area contributed by atoms with E-state index in [0.29, 0.717) is 0 Å². The molecule has 0 atom stereocenters. The molecule has 23 heavy (non-hydrogen) atoms. The van der Waals surface area contributed by atoms with Crippen molar-refractivity contribution in [1.29, 1.82) is 0 Å². The van der Waals surface area contributed by atoms with Gasteiger partial charge in [-0.2, -0.15) is 0 Å². The molecule has 0 saturated carbocycles. The van der Waals surface area contributed by atoms with Crippen molar-refractivity contribution in [3.05, 3.63) is 30.6 Å². The predicted molar refractivity (Wildman–Crippen MR) is 88.5 cm³/mol. The fourth-order valence-corrected chi connectivity index (χ4v) is 2.95. The molecule has 120 valence electrons. The highest BCUT2D eigenvalue weighted by atomic mass is 16.7. The summed E-state index contributed by atoms with van der Waals surface area (Å²) in [7, 11) is 0. The van der Waals surface area contributed by atoms with Crippen LogP contribution in [0.4, 0.5) is 17.3 Å². The van der Waals surface area contributed by atoms with E-state index in [-0.39, 0.29) is 6.79 Å². The minimum absolute atomic E-state index is 0.282. The summed E-state index contributed by atoms with van der Waals surface area (Å²) in [5.41, 5.74) is 0.922. The fraction of sp³-hybridized carbons (Fsp3) is 0.412. The van der Waals surface area contributed by atoms with Crippen molar-refractivity contribution >= 4 is 17.3 Å². The van der Waals surface area contributed by atoms with E-state index in [1.807, 2.05) is 24.3 Å². The normalized spacial score (nSPS) is 17.3. The van der Waals surface area contributed by atoms with Crippen molar-refractivity contribution < 1.29 is 9.47 Å². The highest BCUT2D eigenvalue weighted by Gasteiger charge is 2.18. The van der Waals surface area contributed by atoms with E-state index in [2.05, 4.69) is 27.1 Å². The molecular formula is C17H20N4O2. The summed E-state index contributed by atoms with van der Waals surface area (Å²) >= 11 is 0. The lowest BCUT2D eigenvalue weighted by molar-refractivity contribution is 0.174. The number of hydrogen-bond acceptors (Lipinski definition) is 6. The molecule has 1 aromatic heterocycles. The summed E-state index contributed by atoms with van der Waals surface area (Å²) < 4.78 is 10.7. The third-order valence-corrected chi connectivity index (χ3v) is 4.41. The molecule has 1 fully saturated rings. The van der Waals surface area contributed by atoms with Crippen molar-refractivity contribution in [2.75, 3.05) is 30.1 Å². The lowest BCUT2D eigenvalue weighted by Crippen LogP contribution is -2.33. The van der Waals surface area contributed by atoms with E-state index >= 15 is 0 Å². The number of fused-ring (bicyclic) bond motifs is 1. The Hall–Kier alpha value is -2.50. The van der Waals surface area contributed by atoms with Crippen LogP contribution in [0.25, 0.3) is 0 Å². The Labute approximate surface area is 135 Å². The zero-order valence-corrected chi connectivity index (χ0v) is 13.2. The van der Waals surface area contributed by atoms with E-state index in [0.717, 1.165) is 47.8 Å². The number of hydrogen-bond donors (Lipinski definition) is 1. The Bertz CT molecular complexity index is 699. The van der Waals surface area contributed by atoms with E-state index in [1.165, 1.54) is 12.8 Å². The second-order valence-corrected chi connectivity index (χ2v) is 6.12. The standard InChI is InChI=1S/C17H20N4O2/c1-12-4-6-21(7-5-12)17-9-16(18-10-19-17)20-13-2-3-14-15(8-13)23-11-22-14/h2-3,8-10,12H,4-7,11H2,1H3,(H,18,19,20). The highest BCUT2D eigenvalue weighted by Crippen LogP contribution is 2.35. The van der Waals surface area contributed by atoms with Gasteiger partial charge >= 0.3 is 0 Å². The third-order valence-electron chi connectivity index (χ3n) is 4.41. The molecule has 0 unspecified atom stereocenters. The van der Waals surface area contributed by atoms with Crippen molar-refractivity contribution in [2.45, 2.75) is 19.8 Å². The largest absolute Gasteiger partial charge is 0.454 e. The number of ether oxygens (including phenoxy) is 2. The zero-order valence-electron chi connectivity index (χ0n) is 13.2. The maximum Gasteiger partial charge on any atom is 0.231 e. The number of anilines is 3. The molecule has 0 radical (unpaired) electrons. The number of piperidine rings is 1. The maximum atomic E-state index is 5.40. The topological polar surface area (TPSA) is 59.5 Å². The first-order valence-corrected chi connectivity index (χ1v) is 8.01. The van der Waals surface area contributed by atoms with Crippen LogP contribution < -0.4 is 19.7 Å². The molecule has 1 N–H and O–H groups in total. The van der Waals surface area contributed by atoms with Gasteiger partial charge in [-0.05, 0) is 30.9 Å². The molecule has 2 aromatic rings. The summed E-state index contributed by atoms with van der Waals surface area (Å²) in [5, 5.41) is 3.31. The molecule has 0 aliphatic carbocycles. The van der Waals surface area contributed by atoms with Gasteiger partial charge in [0.25, 0.3) is 0 Å². The van der Waals surface area contributed by atoms with Gasteiger partial charge in [0.15, 0.2) is 11.5 Å². The van der Waals surface area contributed by atoms with Crippen LogP contribution in [0.5, 0.6) is 11.5 Å². The summed E-state index contributed by atoms with van der Waals surface area (Å²) in [6.45, 7) is 4.71. The van der Waals surface area contributed by atoms with Crippen LogP contribution >= 0.6 is 0 Å². The molecule has 1 aromatic carbocycles. The van der Waals surface area contributed by atoms with E-state index in [4.69, 9.17) is 9.47 Å². The van der Waals surface area contributed by atoms with Gasteiger partial charge in [0.2, 0.25) is 6.79 Å². The quantitative estimate of drug-likeness (QED) is 0.939. The number of nitrogens with zero attached hydrogens (tertiary/aromatic N) is 3. The molecule has 0 bridgehead atoms. The maximum absolute atomic E-state index is 5.40. The average molecular weight is 312 g/mol. The SMILES string of the molecule is CC1CCN(c2cc(Nc3ccc4c(c3)OCO4)ncn2)CC1. The smallest absolute Gasteiger partial charge is 0.231 e. The first kappa shape index (κ1) is 14.1. The summed E-state index contributed by atoms with van der Waals surface area (Å²) in [5.74, 6) is 4.11. The van der Waals surface area contributed by atoms with Gasteiger partial charge in [-0.15, -0.1) is 0 Å². The Morgan fingerprint density at radius 1 is 1.09 bits per heavy atom. The summed E-state index contributed by atoms with van der Waals surface area (Å²) in [6.07, 6.45) is 4.05. The van der Waals surface area contributed by atoms with Crippen LogP contribution in [0.2, 0.25) is 0 Å². The van der Waals surface area contributed by atoms with Crippen molar-refractivity contribution in [2.24, 2.45) is 5.92 Å². The van der Waals surface area contributed by atoms with Gasteiger partial charge in [-0.1, -0.05) is 6.92 Å². The molecule has 1 saturated heterocycles. The van der Waals surface area contributed by atoms with Gasteiger partial charge in [0.1, 0.15) is 18.0 Å². The minimum atomic E-state index is 0.282. The molecule has 2 aliphatic heterocycles. The van der Waals surface area contributed by atoms with Gasteiger partial charge in [0, 0.05) is 30.9 Å². The number of rotatable bonds is 3. The average Bonchev–Trinajstić information content (AvgIpc) is 3.03. The molecule has 0 amide bonds. The summed E-state index contributed by atoms with van der Waals surface area (Å²) in [6, 6.07) is 7.78. The monoisotopic (exact) mass is 312 g/mol. The first-order chi connectivity index (χ1) is 11.3. The Balaban J connectivity index is 1.50. The first-order valence-electron chi connectivity index (χ1n) is 8.01. The molecular weight excluding hydrogens is 292 g/mol. The Kier molecular flexibility index (Phi) is 3.65. The van der Waals surface area contributed by atoms with Crippen LogP contribution in [0.1, 0.15) is 19.8 Å². The number of nitrogens with one attached hydrogen (secondary N) is 1. The van der Waals surface area contributed by atoms with Crippen molar-refractivity contribution in [3.8, 4) is 11.5 Å². The molecule has 4 rings (SSSR count). The van der Waals surface area contributed by atoms with Crippen LogP contribution in [0.3, 0.4) is 0 Å². The number of aromatic nitrogens is 2. The van der Waals surface area contributed by atoms with Crippen LogP contribution in [0, 0.1) is 5.92 Å². The van der Waals surface area contributed by atoms with E-state index in [9.17, 15) is 0 Å². The molecule has 0 spiro atoms. The molecule has 2 aliphatic rings. The van der Waals surface area contributed by atoms with Gasteiger partial charge in [-0.25, -0.2) is 9.97 Å². The van der Waals surface area contributed by atoms with Gasteiger partial charge in [0.05, 0.1) is 0 Å². The third kappa shape index (κ3) is 3.02. The van der Waals surface area contributed by atoms with E-state index in [1.54, 1.807) is 6.33 Å². The lowest BCUT2D eigenvalue weighted by atomic mass is 9.99. The minimum Gasteiger partial charge on any atom is -0.454 e. The molecule has 3 heterocycles. The number of benzene rings is 1. The van der Waals surface area contributed by atoms with Crippen LogP contribution in [-0.4, -0.2) is 29.9 Å². The second-order valence-electron chi connectivity index (χ2n) is 6.12. The van der Waals surface area contributed by atoms with Gasteiger partial charge in [-0.3, -0.25) is 0 Å². The Morgan fingerprint density at radius 3 is 2.78 bits per heavy atom. The molecule has 6 nitrogen and oxygen atoms in total. The van der Waals surface area contributed by atoms with Crippen molar-refractivity contribution in [1.82, 2.24) is 9.97 Å². The van der Waals surface area contributed by atoms with Gasteiger partial charge < -0.3 is 19.7 Å². The van der Waals surface area contributed by atoms with E-state index < -0.39 is 0 Å². The Morgan fingerprint density at radius 2 is 1.91 bits per heavy atom. The fourth-order valence-electron chi connectivity index (χ4n) is 2.95. The molecule has 6 heteroatoms. The predicted octanol–water partition coefficient (Wildman–Crippen LogP) is 3.19. The summed E-state index contributed by atoms with van der Waals surface area (Å²) in [4.78, 5) is 11.1.